The Morgan fingerprint density at radius 1 is 0.885 bits per heavy atom. The Bertz CT molecular complexity index is 1090. The Labute approximate surface area is 150 Å². The van der Waals surface area contributed by atoms with Gasteiger partial charge in [0.25, 0.3) is 0 Å². The molecule has 4 aromatic rings. The summed E-state index contributed by atoms with van der Waals surface area (Å²) in [7, 11) is 0. The predicted molar refractivity (Wildman–Crippen MR) is 101 cm³/mol. The van der Waals surface area contributed by atoms with Gasteiger partial charge in [-0.3, -0.25) is 4.40 Å². The average Bonchev–Trinajstić information content (AvgIpc) is 2.98. The van der Waals surface area contributed by atoms with Crippen molar-refractivity contribution in [2.45, 2.75) is 13.8 Å². The molecule has 0 saturated heterocycles. The van der Waals surface area contributed by atoms with E-state index in [2.05, 4.69) is 21.3 Å². The lowest BCUT2D eigenvalue weighted by Gasteiger charge is -2.01. The zero-order valence-electron chi connectivity index (χ0n) is 14.5. The van der Waals surface area contributed by atoms with E-state index < -0.39 is 0 Å². The monoisotopic (exact) mass is 344 g/mol. The summed E-state index contributed by atoms with van der Waals surface area (Å²) < 4.78 is 15.2. The zero-order chi connectivity index (χ0) is 18.1. The quantitative estimate of drug-likeness (QED) is 0.410. The number of azo groups is 1. The van der Waals surface area contributed by atoms with Crippen molar-refractivity contribution in [3.8, 4) is 11.3 Å². The van der Waals surface area contributed by atoms with E-state index in [1.54, 1.807) is 12.1 Å². The van der Waals surface area contributed by atoms with Crippen molar-refractivity contribution in [2.75, 3.05) is 0 Å². The van der Waals surface area contributed by atoms with Crippen molar-refractivity contribution in [2.24, 2.45) is 10.2 Å². The van der Waals surface area contributed by atoms with E-state index in [0.717, 1.165) is 28.0 Å². The molecule has 5 heteroatoms. The predicted octanol–water partition coefficient (Wildman–Crippen LogP) is 6.17. The van der Waals surface area contributed by atoms with Crippen molar-refractivity contribution >= 4 is 17.2 Å². The fourth-order valence-electron chi connectivity index (χ4n) is 2.99. The summed E-state index contributed by atoms with van der Waals surface area (Å²) >= 11 is 0. The van der Waals surface area contributed by atoms with Crippen molar-refractivity contribution in [1.29, 1.82) is 0 Å². The van der Waals surface area contributed by atoms with E-state index in [1.165, 1.54) is 12.1 Å². The summed E-state index contributed by atoms with van der Waals surface area (Å²) in [5, 5.41) is 8.89. The van der Waals surface area contributed by atoms with E-state index in [-0.39, 0.29) is 5.82 Å². The molecule has 2 aromatic heterocycles. The topological polar surface area (TPSA) is 42.0 Å². The van der Waals surface area contributed by atoms with Crippen LogP contribution in [0.25, 0.3) is 16.9 Å². The van der Waals surface area contributed by atoms with Gasteiger partial charge in [-0.25, -0.2) is 9.37 Å². The van der Waals surface area contributed by atoms with Gasteiger partial charge in [-0.15, -0.1) is 10.2 Å². The molecule has 0 aliphatic carbocycles. The molecule has 4 nitrogen and oxygen atoms in total. The molecular weight excluding hydrogens is 327 g/mol. The van der Waals surface area contributed by atoms with E-state index in [9.17, 15) is 4.39 Å². The molecule has 4 rings (SSSR count). The lowest BCUT2D eigenvalue weighted by molar-refractivity contribution is 0.628. The number of hydrogen-bond acceptors (Lipinski definition) is 3. The molecule has 26 heavy (non-hydrogen) atoms. The molecule has 2 heterocycles. The molecule has 0 spiro atoms. The highest BCUT2D eigenvalue weighted by Gasteiger charge is 2.13. The molecular formula is C21H17FN4. The fraction of sp³-hybridized carbons (Fsp3) is 0.0952. The highest BCUT2D eigenvalue weighted by atomic mass is 19.1. The number of imidazole rings is 1. The van der Waals surface area contributed by atoms with Crippen LogP contribution in [0, 0.1) is 19.7 Å². The molecule has 0 N–H and O–H groups in total. The zero-order valence-corrected chi connectivity index (χ0v) is 14.5. The van der Waals surface area contributed by atoms with Crippen LogP contribution in [0.5, 0.6) is 0 Å². The van der Waals surface area contributed by atoms with Crippen LogP contribution in [-0.2, 0) is 0 Å². The standard InChI is InChI=1S/C21H17FN4/c1-14-11-15(2)13-18(12-14)24-25-21-20(16-6-8-17(22)9-7-16)23-19-5-3-4-10-26(19)21/h3-13H,1-2H3. The first-order chi connectivity index (χ1) is 12.6. The summed E-state index contributed by atoms with van der Waals surface area (Å²) in [5.41, 5.74) is 5.29. The smallest absolute Gasteiger partial charge is 0.187 e. The summed E-state index contributed by atoms with van der Waals surface area (Å²) in [6.45, 7) is 4.06. The second-order valence-electron chi connectivity index (χ2n) is 6.27. The Balaban J connectivity index is 1.86. The average molecular weight is 344 g/mol. The first-order valence-corrected chi connectivity index (χ1v) is 8.33. The van der Waals surface area contributed by atoms with Crippen LogP contribution >= 0.6 is 0 Å². The van der Waals surface area contributed by atoms with Gasteiger partial charge in [0, 0.05) is 11.8 Å². The number of hydrogen-bond donors (Lipinski definition) is 0. The van der Waals surface area contributed by atoms with Crippen LogP contribution in [0.15, 0.2) is 77.1 Å². The lowest BCUT2D eigenvalue weighted by Crippen LogP contribution is -1.82. The van der Waals surface area contributed by atoms with Crippen LogP contribution in [0.4, 0.5) is 15.9 Å². The molecule has 0 aliphatic heterocycles. The Morgan fingerprint density at radius 2 is 1.62 bits per heavy atom. The molecule has 0 unspecified atom stereocenters. The van der Waals surface area contributed by atoms with Crippen LogP contribution < -0.4 is 0 Å². The molecule has 0 aliphatic rings. The van der Waals surface area contributed by atoms with Crippen molar-refractivity contribution in [1.82, 2.24) is 9.38 Å². The summed E-state index contributed by atoms with van der Waals surface area (Å²) in [6.07, 6.45) is 1.89. The van der Waals surface area contributed by atoms with Gasteiger partial charge in [0.15, 0.2) is 5.82 Å². The Hall–Kier alpha value is -3.34. The lowest BCUT2D eigenvalue weighted by atomic mass is 10.1. The number of nitrogens with zero attached hydrogens (tertiary/aromatic N) is 4. The number of benzene rings is 2. The minimum Gasteiger partial charge on any atom is -0.283 e. The number of pyridine rings is 1. The molecule has 0 saturated carbocycles. The maximum Gasteiger partial charge on any atom is 0.187 e. The van der Waals surface area contributed by atoms with E-state index in [1.807, 2.05) is 54.8 Å². The van der Waals surface area contributed by atoms with E-state index in [4.69, 9.17) is 0 Å². The van der Waals surface area contributed by atoms with Gasteiger partial charge in [0.2, 0.25) is 0 Å². The number of aryl methyl sites for hydroxylation is 2. The molecule has 2 aromatic carbocycles. The normalized spacial score (nSPS) is 11.5. The van der Waals surface area contributed by atoms with Crippen molar-refractivity contribution < 1.29 is 4.39 Å². The third kappa shape index (κ3) is 3.11. The third-order valence-corrected chi connectivity index (χ3v) is 4.09. The van der Waals surface area contributed by atoms with Gasteiger partial charge in [-0.05, 0) is 73.5 Å². The SMILES string of the molecule is Cc1cc(C)cc(N=Nc2c(-c3ccc(F)cc3)nc3ccccn23)c1. The number of halogens is 1. The van der Waals surface area contributed by atoms with Crippen LogP contribution in [-0.4, -0.2) is 9.38 Å². The van der Waals surface area contributed by atoms with Crippen LogP contribution in [0.3, 0.4) is 0 Å². The van der Waals surface area contributed by atoms with Gasteiger partial charge >= 0.3 is 0 Å². The molecule has 0 amide bonds. The molecule has 128 valence electrons. The van der Waals surface area contributed by atoms with Gasteiger partial charge in [0.1, 0.15) is 17.2 Å². The summed E-state index contributed by atoms with van der Waals surface area (Å²) in [5.74, 6) is 0.335. The summed E-state index contributed by atoms with van der Waals surface area (Å²) in [6, 6.07) is 18.0. The van der Waals surface area contributed by atoms with E-state index in [0.29, 0.717) is 11.5 Å². The van der Waals surface area contributed by atoms with Gasteiger partial charge in [-0.2, -0.15) is 0 Å². The molecule has 0 fully saturated rings. The molecule has 0 bridgehead atoms. The maximum atomic E-state index is 13.3. The fourth-order valence-corrected chi connectivity index (χ4v) is 2.99. The largest absolute Gasteiger partial charge is 0.283 e. The van der Waals surface area contributed by atoms with Crippen LogP contribution in [0.1, 0.15) is 11.1 Å². The maximum absolute atomic E-state index is 13.3. The van der Waals surface area contributed by atoms with Gasteiger partial charge < -0.3 is 0 Å². The second-order valence-corrected chi connectivity index (χ2v) is 6.27. The highest BCUT2D eigenvalue weighted by Crippen LogP contribution is 2.32. The van der Waals surface area contributed by atoms with Gasteiger partial charge in [0.05, 0.1) is 5.69 Å². The Morgan fingerprint density at radius 3 is 2.35 bits per heavy atom. The van der Waals surface area contributed by atoms with Crippen molar-refractivity contribution in [3.63, 3.8) is 0 Å². The first kappa shape index (κ1) is 16.1. The molecule has 0 atom stereocenters. The van der Waals surface area contributed by atoms with Crippen molar-refractivity contribution in [3.05, 3.63) is 83.8 Å². The van der Waals surface area contributed by atoms with Crippen LogP contribution in [0.2, 0.25) is 0 Å². The first-order valence-electron chi connectivity index (χ1n) is 8.33. The molecule has 0 radical (unpaired) electrons. The number of fused-ring (bicyclic) bond motifs is 1. The van der Waals surface area contributed by atoms with Gasteiger partial charge in [-0.1, -0.05) is 12.1 Å². The Kier molecular flexibility index (Phi) is 4.05. The highest BCUT2D eigenvalue weighted by molar-refractivity contribution is 5.74. The number of rotatable bonds is 3. The minimum absolute atomic E-state index is 0.282. The minimum atomic E-state index is -0.282. The van der Waals surface area contributed by atoms with E-state index >= 15 is 0 Å². The second kappa shape index (κ2) is 6.52. The third-order valence-electron chi connectivity index (χ3n) is 4.09. The number of aromatic nitrogens is 2. The summed E-state index contributed by atoms with van der Waals surface area (Å²) in [4.78, 5) is 4.65.